The number of benzene rings is 1. The van der Waals surface area contributed by atoms with Gasteiger partial charge in [-0.2, -0.15) is 5.26 Å². The number of hydrogen-bond acceptors (Lipinski definition) is 1. The molecular weight excluding hydrogens is 179 g/mol. The first-order valence-electron chi connectivity index (χ1n) is 3.53. The van der Waals surface area contributed by atoms with Crippen LogP contribution in [0.3, 0.4) is 0 Å². The predicted molar refractivity (Wildman–Crippen MR) is 40.7 cm³/mol. The van der Waals surface area contributed by atoms with Crippen LogP contribution in [0.4, 0.5) is 13.2 Å². The molecule has 0 aliphatic rings. The van der Waals surface area contributed by atoms with E-state index in [9.17, 15) is 13.2 Å². The monoisotopic (exact) mass is 185 g/mol. The molecule has 0 radical (unpaired) electrons. The molecule has 0 aliphatic heterocycles. The van der Waals surface area contributed by atoms with E-state index in [4.69, 9.17) is 5.26 Å². The fourth-order valence-electron chi connectivity index (χ4n) is 0.884. The Kier molecular flexibility index (Phi) is 2.28. The summed E-state index contributed by atoms with van der Waals surface area (Å²) in [6, 6.07) is 4.19. The van der Waals surface area contributed by atoms with Crippen molar-refractivity contribution in [1.82, 2.24) is 0 Å². The van der Waals surface area contributed by atoms with Crippen LogP contribution in [0.1, 0.15) is 18.1 Å². The van der Waals surface area contributed by atoms with Gasteiger partial charge in [0.1, 0.15) is 11.9 Å². The van der Waals surface area contributed by atoms with E-state index in [-0.39, 0.29) is 11.1 Å². The van der Waals surface area contributed by atoms with Gasteiger partial charge >= 0.3 is 0 Å². The van der Waals surface area contributed by atoms with Crippen molar-refractivity contribution in [3.63, 3.8) is 0 Å². The highest BCUT2D eigenvalue weighted by Crippen LogP contribution is 2.27. The highest BCUT2D eigenvalue weighted by molar-refractivity contribution is 5.35. The van der Waals surface area contributed by atoms with Gasteiger partial charge in [0, 0.05) is 12.5 Å². The number of rotatable bonds is 1. The normalized spacial score (nSPS) is 11.0. The lowest BCUT2D eigenvalue weighted by Gasteiger charge is -2.10. The van der Waals surface area contributed by atoms with Crippen LogP contribution in [0.15, 0.2) is 18.2 Å². The van der Waals surface area contributed by atoms with Crippen LogP contribution in [0.5, 0.6) is 0 Å². The molecule has 0 bridgehead atoms. The van der Waals surface area contributed by atoms with E-state index in [1.165, 1.54) is 6.07 Å². The zero-order valence-electron chi connectivity index (χ0n) is 6.81. The highest BCUT2D eigenvalue weighted by atomic mass is 19.3. The zero-order chi connectivity index (χ0) is 10.1. The molecule has 68 valence electrons. The Morgan fingerprint density at radius 2 is 2.00 bits per heavy atom. The lowest BCUT2D eigenvalue weighted by molar-refractivity contribution is 0.0174. The predicted octanol–water partition coefficient (Wildman–Crippen LogP) is 2.81. The summed E-state index contributed by atoms with van der Waals surface area (Å²) in [5.74, 6) is -3.82. The topological polar surface area (TPSA) is 23.8 Å². The van der Waals surface area contributed by atoms with Gasteiger partial charge in [0.05, 0.1) is 5.56 Å². The minimum Gasteiger partial charge on any atom is -0.206 e. The van der Waals surface area contributed by atoms with E-state index < -0.39 is 11.7 Å². The van der Waals surface area contributed by atoms with Crippen LogP contribution in [0.25, 0.3) is 0 Å². The van der Waals surface area contributed by atoms with Crippen molar-refractivity contribution in [2.75, 3.05) is 0 Å². The Morgan fingerprint density at radius 3 is 2.46 bits per heavy atom. The van der Waals surface area contributed by atoms with Crippen LogP contribution < -0.4 is 0 Å². The van der Waals surface area contributed by atoms with Crippen molar-refractivity contribution in [2.45, 2.75) is 12.8 Å². The maximum atomic E-state index is 12.7. The molecule has 1 nitrogen and oxygen atoms in total. The smallest absolute Gasteiger partial charge is 0.206 e. The lowest BCUT2D eigenvalue weighted by atomic mass is 10.1. The van der Waals surface area contributed by atoms with E-state index in [0.717, 1.165) is 18.2 Å². The van der Waals surface area contributed by atoms with Gasteiger partial charge in [-0.1, -0.05) is 6.07 Å². The minimum atomic E-state index is -3.04. The minimum absolute atomic E-state index is 0.356. The van der Waals surface area contributed by atoms with Crippen molar-refractivity contribution in [3.05, 3.63) is 35.1 Å². The first-order valence-corrected chi connectivity index (χ1v) is 3.53. The SMILES string of the molecule is CC(F)(F)c1ccc(F)c(C#N)c1. The highest BCUT2D eigenvalue weighted by Gasteiger charge is 2.24. The van der Waals surface area contributed by atoms with Crippen LogP contribution in [-0.4, -0.2) is 0 Å². The quantitative estimate of drug-likeness (QED) is 0.659. The largest absolute Gasteiger partial charge is 0.270 e. The van der Waals surface area contributed by atoms with E-state index in [2.05, 4.69) is 0 Å². The van der Waals surface area contributed by atoms with Gasteiger partial charge in [-0.25, -0.2) is 13.2 Å². The fraction of sp³-hybridized carbons (Fsp3) is 0.222. The standard InChI is InChI=1S/C9H6F3N/c1-9(11,12)7-2-3-8(10)6(4-7)5-13/h2-4H,1H3. The summed E-state index contributed by atoms with van der Waals surface area (Å²) in [5.41, 5.74) is -0.718. The van der Waals surface area contributed by atoms with Crippen LogP contribution in [0.2, 0.25) is 0 Å². The molecule has 0 aliphatic carbocycles. The molecule has 0 fully saturated rings. The number of hydrogen-bond donors (Lipinski definition) is 0. The number of nitriles is 1. The summed E-state index contributed by atoms with van der Waals surface area (Å²) < 4.78 is 38.0. The molecule has 13 heavy (non-hydrogen) atoms. The average Bonchev–Trinajstić information content (AvgIpc) is 2.03. The molecule has 0 atom stereocenters. The van der Waals surface area contributed by atoms with Gasteiger partial charge in [0.15, 0.2) is 0 Å². The maximum absolute atomic E-state index is 12.7. The number of halogens is 3. The summed E-state index contributed by atoms with van der Waals surface area (Å²) >= 11 is 0. The average molecular weight is 185 g/mol. The summed E-state index contributed by atoms with van der Waals surface area (Å²) in [6.07, 6.45) is 0. The van der Waals surface area contributed by atoms with Gasteiger partial charge in [-0.05, 0) is 12.1 Å². The van der Waals surface area contributed by atoms with Crippen LogP contribution >= 0.6 is 0 Å². The molecule has 0 heterocycles. The third kappa shape index (κ3) is 2.00. The van der Waals surface area contributed by atoms with Gasteiger partial charge in [0.2, 0.25) is 0 Å². The maximum Gasteiger partial charge on any atom is 0.270 e. The second kappa shape index (κ2) is 3.09. The Morgan fingerprint density at radius 1 is 1.38 bits per heavy atom. The van der Waals surface area contributed by atoms with Crippen molar-refractivity contribution in [1.29, 1.82) is 5.26 Å². The zero-order valence-corrected chi connectivity index (χ0v) is 6.81. The Balaban J connectivity index is 3.24. The van der Waals surface area contributed by atoms with E-state index in [1.54, 1.807) is 0 Å². The summed E-state index contributed by atoms with van der Waals surface area (Å²) in [5, 5.41) is 8.37. The van der Waals surface area contributed by atoms with E-state index >= 15 is 0 Å². The van der Waals surface area contributed by atoms with Gasteiger partial charge < -0.3 is 0 Å². The first kappa shape index (κ1) is 9.59. The molecular formula is C9H6F3N. The Labute approximate surface area is 73.4 Å². The van der Waals surface area contributed by atoms with Gasteiger partial charge in [-0.15, -0.1) is 0 Å². The summed E-state index contributed by atoms with van der Waals surface area (Å²) in [6.45, 7) is 0.696. The molecule has 0 unspecified atom stereocenters. The molecule has 0 spiro atoms. The third-order valence-corrected chi connectivity index (χ3v) is 1.59. The fourth-order valence-corrected chi connectivity index (χ4v) is 0.884. The first-order chi connectivity index (χ1) is 5.95. The molecule has 1 rings (SSSR count). The van der Waals surface area contributed by atoms with Gasteiger partial charge in [-0.3, -0.25) is 0 Å². The molecule has 4 heteroatoms. The van der Waals surface area contributed by atoms with Crippen molar-refractivity contribution < 1.29 is 13.2 Å². The van der Waals surface area contributed by atoms with Gasteiger partial charge in [0.25, 0.3) is 5.92 Å². The van der Waals surface area contributed by atoms with Crippen LogP contribution in [0, 0.1) is 17.1 Å². The van der Waals surface area contributed by atoms with E-state index in [1.807, 2.05) is 0 Å². The summed E-state index contributed by atoms with van der Waals surface area (Å²) in [4.78, 5) is 0. The number of nitrogens with zero attached hydrogens (tertiary/aromatic N) is 1. The summed E-state index contributed by atoms with van der Waals surface area (Å²) in [7, 11) is 0. The van der Waals surface area contributed by atoms with Crippen LogP contribution in [-0.2, 0) is 5.92 Å². The molecule has 1 aromatic rings. The molecule has 0 N–H and O–H groups in total. The van der Waals surface area contributed by atoms with Crippen molar-refractivity contribution in [3.8, 4) is 6.07 Å². The molecule has 0 saturated carbocycles. The molecule has 0 saturated heterocycles. The second-order valence-electron chi connectivity index (χ2n) is 2.69. The number of alkyl halides is 2. The second-order valence-corrected chi connectivity index (χ2v) is 2.69. The lowest BCUT2D eigenvalue weighted by Crippen LogP contribution is -2.07. The Hall–Kier alpha value is -1.50. The van der Waals surface area contributed by atoms with Crippen molar-refractivity contribution in [2.24, 2.45) is 0 Å². The molecule has 0 aromatic heterocycles. The molecule has 1 aromatic carbocycles. The van der Waals surface area contributed by atoms with Crippen molar-refractivity contribution >= 4 is 0 Å². The molecule has 0 amide bonds. The van der Waals surface area contributed by atoms with E-state index in [0.29, 0.717) is 6.92 Å². The Bertz CT molecular complexity index is 360. The third-order valence-electron chi connectivity index (χ3n) is 1.59.